The lowest BCUT2D eigenvalue weighted by atomic mass is 10.1. The second-order valence-corrected chi connectivity index (χ2v) is 13.6. The third-order valence-corrected chi connectivity index (χ3v) is 11.5. The average Bonchev–Trinajstić information content (AvgIpc) is 2.40. The molecule has 4 heteroatoms. The Morgan fingerprint density at radius 1 is 1.05 bits per heavy atom. The van der Waals surface area contributed by atoms with Crippen molar-refractivity contribution in [3.63, 3.8) is 0 Å². The van der Waals surface area contributed by atoms with Gasteiger partial charge in [-0.05, 0) is 15.6 Å². The summed E-state index contributed by atoms with van der Waals surface area (Å²) in [6.45, 7) is 19.5. The van der Waals surface area contributed by atoms with Crippen LogP contribution in [0.25, 0.3) is 0 Å². The summed E-state index contributed by atoms with van der Waals surface area (Å²) in [7, 11) is -2.11. The molecule has 1 saturated heterocycles. The Morgan fingerprint density at radius 3 is 1.74 bits per heavy atom. The van der Waals surface area contributed by atoms with E-state index in [0.717, 1.165) is 0 Å². The van der Waals surface area contributed by atoms with Crippen LogP contribution in [-0.4, -0.2) is 20.6 Å². The van der Waals surface area contributed by atoms with E-state index in [1.54, 1.807) is 0 Å². The van der Waals surface area contributed by atoms with Gasteiger partial charge in [-0.15, -0.1) is 0 Å². The molecule has 112 valence electrons. The highest BCUT2D eigenvalue weighted by molar-refractivity contribution is 6.81. The number of carbonyl (C=O) groups is 1. The predicted molar refractivity (Wildman–Crippen MR) is 80.4 cm³/mol. The molecule has 1 fully saturated rings. The predicted octanol–water partition coefficient (Wildman–Crippen LogP) is 4.48. The highest BCUT2D eigenvalue weighted by Crippen LogP contribution is 2.63. The Hall–Kier alpha value is -0.353. The van der Waals surface area contributed by atoms with Crippen molar-refractivity contribution in [2.45, 2.75) is 84.2 Å². The van der Waals surface area contributed by atoms with E-state index in [1.165, 1.54) is 6.92 Å². The van der Waals surface area contributed by atoms with Crippen molar-refractivity contribution in [2.75, 3.05) is 0 Å². The van der Waals surface area contributed by atoms with Gasteiger partial charge in [0.2, 0.25) is 8.32 Å². The van der Waals surface area contributed by atoms with Gasteiger partial charge in [-0.1, -0.05) is 55.4 Å². The van der Waals surface area contributed by atoms with Crippen molar-refractivity contribution >= 4 is 14.3 Å². The Balaban J connectivity index is 3.25. The topological polar surface area (TPSA) is 35.5 Å². The summed E-state index contributed by atoms with van der Waals surface area (Å²) in [6.07, 6.45) is -0.377. The molecule has 0 spiro atoms. The van der Waals surface area contributed by atoms with Gasteiger partial charge in [0.1, 0.15) is 0 Å². The van der Waals surface area contributed by atoms with Gasteiger partial charge in [-0.3, -0.25) is 4.79 Å². The molecule has 0 aromatic carbocycles. The number of esters is 1. The van der Waals surface area contributed by atoms with Gasteiger partial charge in [0, 0.05) is 12.8 Å². The van der Waals surface area contributed by atoms with Crippen LogP contribution >= 0.6 is 0 Å². The first-order valence-corrected chi connectivity index (χ1v) is 9.18. The van der Waals surface area contributed by atoms with Crippen LogP contribution < -0.4 is 0 Å². The molecule has 0 aromatic rings. The molecular weight excluding hydrogens is 256 g/mol. The van der Waals surface area contributed by atoms with Crippen molar-refractivity contribution < 1.29 is 14.0 Å². The Morgan fingerprint density at radius 2 is 1.47 bits per heavy atom. The van der Waals surface area contributed by atoms with E-state index in [1.807, 2.05) is 0 Å². The quantitative estimate of drug-likeness (QED) is 0.527. The molecule has 0 N–H and O–H groups in total. The first kappa shape index (κ1) is 16.7. The molecule has 0 unspecified atom stereocenters. The van der Waals surface area contributed by atoms with Gasteiger partial charge in [-0.25, -0.2) is 0 Å². The number of rotatable bonds is 1. The van der Waals surface area contributed by atoms with Crippen molar-refractivity contribution in [1.82, 2.24) is 0 Å². The molecule has 1 heterocycles. The molecule has 0 bridgehead atoms. The molecule has 0 saturated carbocycles. The zero-order valence-corrected chi connectivity index (χ0v) is 15.0. The maximum Gasteiger partial charge on any atom is 0.304 e. The minimum Gasteiger partial charge on any atom is -0.437 e. The van der Waals surface area contributed by atoms with Gasteiger partial charge in [0.05, 0.1) is 0 Å². The zero-order chi connectivity index (χ0) is 15.2. The summed E-state index contributed by atoms with van der Waals surface area (Å²) in [5.74, 6) is 0.00526. The molecule has 3 nitrogen and oxygen atoms in total. The largest absolute Gasteiger partial charge is 0.437 e. The van der Waals surface area contributed by atoms with E-state index in [2.05, 4.69) is 55.4 Å². The van der Waals surface area contributed by atoms with Crippen LogP contribution in [0.5, 0.6) is 0 Å². The first-order valence-electron chi connectivity index (χ1n) is 7.19. The van der Waals surface area contributed by atoms with E-state index in [9.17, 15) is 4.79 Å². The van der Waals surface area contributed by atoms with Crippen molar-refractivity contribution in [1.29, 1.82) is 0 Å². The maximum absolute atomic E-state index is 11.3. The fourth-order valence-corrected chi connectivity index (χ4v) is 11.6. The second-order valence-electron chi connectivity index (χ2n) is 7.98. The number of ether oxygens (including phenoxy) is 1. The Kier molecular flexibility index (Phi) is 4.29. The molecule has 1 rings (SSSR count). The second kappa shape index (κ2) is 4.88. The van der Waals surface area contributed by atoms with Crippen molar-refractivity contribution in [3.05, 3.63) is 0 Å². The molecule has 0 aliphatic carbocycles. The van der Waals surface area contributed by atoms with Crippen LogP contribution in [0.4, 0.5) is 0 Å². The van der Waals surface area contributed by atoms with Gasteiger partial charge in [0.25, 0.3) is 0 Å². The van der Waals surface area contributed by atoms with E-state index in [0.29, 0.717) is 5.54 Å². The third kappa shape index (κ3) is 2.61. The van der Waals surface area contributed by atoms with E-state index in [4.69, 9.17) is 9.16 Å². The van der Waals surface area contributed by atoms with Crippen molar-refractivity contribution in [2.24, 2.45) is 5.92 Å². The lowest BCUT2D eigenvalue weighted by Gasteiger charge is -2.50. The van der Waals surface area contributed by atoms with Gasteiger partial charge < -0.3 is 9.16 Å². The summed E-state index contributed by atoms with van der Waals surface area (Å²) in [5.41, 5.74) is 0.455. The first-order chi connectivity index (χ1) is 8.34. The lowest BCUT2D eigenvalue weighted by molar-refractivity contribution is -0.165. The minimum atomic E-state index is -2.11. The van der Waals surface area contributed by atoms with Crippen LogP contribution in [0.1, 0.15) is 62.3 Å². The Labute approximate surface area is 119 Å². The van der Waals surface area contributed by atoms with Gasteiger partial charge >= 0.3 is 5.97 Å². The highest BCUT2D eigenvalue weighted by Gasteiger charge is 2.65. The fraction of sp³-hybridized carbons (Fsp3) is 0.933. The molecule has 0 aromatic heterocycles. The molecular formula is C15H30O3Si. The molecule has 19 heavy (non-hydrogen) atoms. The SMILES string of the molecule is CC(=O)O[C@@H]1O[Si](C(C)(C)C)(C(C)(C)C)[C@H](C)[C@@H]1C. The monoisotopic (exact) mass is 286 g/mol. The highest BCUT2D eigenvalue weighted by atomic mass is 28.4. The van der Waals surface area contributed by atoms with Crippen LogP contribution in [0.2, 0.25) is 15.6 Å². The smallest absolute Gasteiger partial charge is 0.304 e. The Bertz CT molecular complexity index is 337. The molecule has 1 aliphatic heterocycles. The van der Waals surface area contributed by atoms with Crippen LogP contribution in [-0.2, 0) is 14.0 Å². The summed E-state index contributed by atoms with van der Waals surface area (Å²) in [5, 5.41) is 0.210. The minimum absolute atomic E-state index is 0.105. The summed E-state index contributed by atoms with van der Waals surface area (Å²) in [4.78, 5) is 11.3. The summed E-state index contributed by atoms with van der Waals surface area (Å²) >= 11 is 0. The summed E-state index contributed by atoms with van der Waals surface area (Å²) in [6, 6.07) is 0. The standard InChI is InChI=1S/C15H30O3Si/c1-10-11(2)19(14(4,5)6,15(7,8)9)18-13(10)17-12(3)16/h10-11,13H,1-9H3/t10-,11+,13+/m0/s1. The molecule has 0 amide bonds. The van der Waals surface area contributed by atoms with Gasteiger partial charge in [-0.2, -0.15) is 0 Å². The zero-order valence-electron chi connectivity index (χ0n) is 14.0. The van der Waals surface area contributed by atoms with Crippen LogP contribution in [0, 0.1) is 5.92 Å². The number of hydrogen-bond donors (Lipinski definition) is 0. The number of carbonyl (C=O) groups excluding carboxylic acids is 1. The average molecular weight is 286 g/mol. The third-order valence-electron chi connectivity index (χ3n) is 4.67. The van der Waals surface area contributed by atoms with E-state index in [-0.39, 0.29) is 28.3 Å². The molecule has 0 radical (unpaired) electrons. The number of hydrogen-bond acceptors (Lipinski definition) is 3. The molecule has 3 atom stereocenters. The lowest BCUT2D eigenvalue weighted by Crippen LogP contribution is -2.55. The van der Waals surface area contributed by atoms with E-state index >= 15 is 0 Å². The normalized spacial score (nSPS) is 31.3. The fourth-order valence-electron chi connectivity index (χ4n) is 4.14. The summed E-state index contributed by atoms with van der Waals surface area (Å²) < 4.78 is 11.9. The molecule has 1 aliphatic rings. The van der Waals surface area contributed by atoms with Crippen molar-refractivity contribution in [3.8, 4) is 0 Å². The van der Waals surface area contributed by atoms with Gasteiger partial charge in [0.15, 0.2) is 6.29 Å². The van der Waals surface area contributed by atoms with Crippen LogP contribution in [0.3, 0.4) is 0 Å². The maximum atomic E-state index is 11.3. The van der Waals surface area contributed by atoms with E-state index < -0.39 is 8.32 Å². The van der Waals surface area contributed by atoms with Crippen LogP contribution in [0.15, 0.2) is 0 Å².